The third-order valence-corrected chi connectivity index (χ3v) is 3.70. The molecule has 0 saturated heterocycles. The minimum Gasteiger partial charge on any atom is -0.493 e. The van der Waals surface area contributed by atoms with E-state index in [1.807, 2.05) is 18.2 Å². The number of hydrogen-bond acceptors (Lipinski definition) is 3. The molecule has 0 aliphatic carbocycles. The molecule has 1 aromatic rings. The first-order valence-corrected chi connectivity index (χ1v) is 6.32. The highest BCUT2D eigenvalue weighted by Crippen LogP contribution is 2.42. The number of aliphatic hydroxyl groups is 1. The molecule has 1 aromatic carbocycles. The van der Waals surface area contributed by atoms with Crippen LogP contribution in [0.25, 0.3) is 0 Å². The van der Waals surface area contributed by atoms with Crippen molar-refractivity contribution >= 4 is 0 Å². The van der Waals surface area contributed by atoms with Crippen LogP contribution in [0.1, 0.15) is 25.8 Å². The molecular weight excluding hydrogens is 214 g/mol. The van der Waals surface area contributed by atoms with Gasteiger partial charge in [0, 0.05) is 18.1 Å². The van der Waals surface area contributed by atoms with Crippen molar-refractivity contribution in [2.45, 2.75) is 25.8 Å². The van der Waals surface area contributed by atoms with Gasteiger partial charge in [0.15, 0.2) is 0 Å². The summed E-state index contributed by atoms with van der Waals surface area (Å²) in [4.78, 5) is 0. The number of aliphatic hydroxyl groups excluding tert-OH is 1. The maximum Gasteiger partial charge on any atom is 0.124 e. The van der Waals surface area contributed by atoms with E-state index < -0.39 is 0 Å². The molecule has 0 aromatic heterocycles. The third kappa shape index (κ3) is 2.05. The second kappa shape index (κ2) is 5.07. The predicted molar refractivity (Wildman–Crippen MR) is 68.2 cm³/mol. The van der Waals surface area contributed by atoms with Gasteiger partial charge < -0.3 is 15.2 Å². The van der Waals surface area contributed by atoms with E-state index in [1.165, 1.54) is 5.56 Å². The highest BCUT2D eigenvalue weighted by atomic mass is 16.5. The van der Waals surface area contributed by atoms with Gasteiger partial charge in [-0.25, -0.2) is 0 Å². The molecule has 2 atom stereocenters. The average Bonchev–Trinajstić information content (AvgIpc) is 2.35. The third-order valence-electron chi connectivity index (χ3n) is 3.70. The van der Waals surface area contributed by atoms with Gasteiger partial charge in [0.1, 0.15) is 5.75 Å². The summed E-state index contributed by atoms with van der Waals surface area (Å²) in [7, 11) is 0. The quantitative estimate of drug-likeness (QED) is 0.837. The molecule has 2 unspecified atom stereocenters. The molecule has 3 nitrogen and oxygen atoms in total. The monoisotopic (exact) mass is 235 g/mol. The first kappa shape index (κ1) is 12.4. The lowest BCUT2D eigenvalue weighted by atomic mass is 9.75. The molecular formula is C14H21NO2. The largest absolute Gasteiger partial charge is 0.493 e. The fraction of sp³-hybridized carbons (Fsp3) is 0.571. The van der Waals surface area contributed by atoms with Gasteiger partial charge in [-0.2, -0.15) is 0 Å². The molecule has 1 aliphatic rings. The number of rotatable bonds is 4. The first-order valence-electron chi connectivity index (χ1n) is 6.32. The summed E-state index contributed by atoms with van der Waals surface area (Å²) < 4.78 is 5.76. The van der Waals surface area contributed by atoms with Crippen molar-refractivity contribution in [1.29, 1.82) is 0 Å². The summed E-state index contributed by atoms with van der Waals surface area (Å²) in [5, 5.41) is 12.9. The topological polar surface area (TPSA) is 41.5 Å². The van der Waals surface area contributed by atoms with Crippen molar-refractivity contribution < 1.29 is 9.84 Å². The summed E-state index contributed by atoms with van der Waals surface area (Å²) in [6.45, 7) is 6.05. The first-order chi connectivity index (χ1) is 8.24. The van der Waals surface area contributed by atoms with Gasteiger partial charge in [-0.15, -0.1) is 0 Å². The molecule has 94 valence electrons. The molecule has 1 aliphatic heterocycles. The molecule has 0 radical (unpaired) electrons. The Hall–Kier alpha value is -1.06. The van der Waals surface area contributed by atoms with E-state index in [1.54, 1.807) is 0 Å². The predicted octanol–water partition coefficient (Wildman–Crippen LogP) is 1.90. The lowest BCUT2D eigenvalue weighted by Crippen LogP contribution is -2.52. The summed E-state index contributed by atoms with van der Waals surface area (Å²) >= 11 is 0. The van der Waals surface area contributed by atoms with Crippen molar-refractivity contribution in [1.82, 2.24) is 5.32 Å². The molecule has 2 rings (SSSR count). The second-order valence-electron chi connectivity index (χ2n) is 4.68. The van der Waals surface area contributed by atoms with Crippen molar-refractivity contribution in [3.8, 4) is 5.75 Å². The van der Waals surface area contributed by atoms with Crippen LogP contribution in [0.3, 0.4) is 0 Å². The van der Waals surface area contributed by atoms with Crippen LogP contribution >= 0.6 is 0 Å². The number of para-hydroxylation sites is 1. The number of ether oxygens (including phenoxy) is 1. The lowest BCUT2D eigenvalue weighted by molar-refractivity contribution is 0.0873. The van der Waals surface area contributed by atoms with E-state index in [0.29, 0.717) is 12.5 Å². The van der Waals surface area contributed by atoms with Gasteiger partial charge in [0.05, 0.1) is 12.1 Å². The maximum absolute atomic E-state index is 9.37. The SMILES string of the molecule is CCNC1(CCO)c2ccccc2OCC1C. The van der Waals surface area contributed by atoms with Crippen LogP contribution in [0, 0.1) is 5.92 Å². The van der Waals surface area contributed by atoms with Crippen molar-refractivity contribution in [3.05, 3.63) is 29.8 Å². The number of benzene rings is 1. The minimum absolute atomic E-state index is 0.154. The molecule has 17 heavy (non-hydrogen) atoms. The van der Waals surface area contributed by atoms with Crippen LogP contribution in [0.15, 0.2) is 24.3 Å². The number of nitrogens with one attached hydrogen (secondary N) is 1. The molecule has 0 spiro atoms. The molecule has 0 bridgehead atoms. The van der Waals surface area contributed by atoms with E-state index in [0.717, 1.165) is 18.7 Å². The fourth-order valence-electron chi connectivity index (χ4n) is 2.81. The van der Waals surface area contributed by atoms with Crippen molar-refractivity contribution in [2.75, 3.05) is 19.8 Å². The van der Waals surface area contributed by atoms with Crippen LogP contribution in [0.5, 0.6) is 5.75 Å². The van der Waals surface area contributed by atoms with Crippen molar-refractivity contribution in [3.63, 3.8) is 0 Å². The Morgan fingerprint density at radius 2 is 2.24 bits per heavy atom. The van der Waals surface area contributed by atoms with Gasteiger partial charge in [-0.05, 0) is 19.0 Å². The van der Waals surface area contributed by atoms with E-state index in [2.05, 4.69) is 25.2 Å². The van der Waals surface area contributed by atoms with Crippen LogP contribution in [-0.4, -0.2) is 24.9 Å². The normalized spacial score (nSPS) is 27.4. The maximum atomic E-state index is 9.37. The summed E-state index contributed by atoms with van der Waals surface area (Å²) in [6.07, 6.45) is 0.725. The van der Waals surface area contributed by atoms with Crippen molar-refractivity contribution in [2.24, 2.45) is 5.92 Å². The van der Waals surface area contributed by atoms with E-state index >= 15 is 0 Å². The lowest BCUT2D eigenvalue weighted by Gasteiger charge is -2.44. The zero-order valence-corrected chi connectivity index (χ0v) is 10.6. The standard InChI is InChI=1S/C14H21NO2/c1-3-15-14(8-9-16)11(2)10-17-13-7-5-4-6-12(13)14/h4-7,11,15-16H,3,8-10H2,1-2H3. The highest BCUT2D eigenvalue weighted by molar-refractivity contribution is 5.41. The highest BCUT2D eigenvalue weighted by Gasteiger charge is 2.41. The number of fused-ring (bicyclic) bond motifs is 1. The van der Waals surface area contributed by atoms with Gasteiger partial charge >= 0.3 is 0 Å². The van der Waals surface area contributed by atoms with Crippen LogP contribution in [0.2, 0.25) is 0 Å². The molecule has 0 saturated carbocycles. The van der Waals surface area contributed by atoms with E-state index in [9.17, 15) is 5.11 Å². The molecule has 1 heterocycles. The average molecular weight is 235 g/mol. The summed E-state index contributed by atoms with van der Waals surface area (Å²) in [5.41, 5.74) is 1.02. The Labute approximate surface area is 103 Å². The second-order valence-corrected chi connectivity index (χ2v) is 4.68. The Balaban J connectivity index is 2.47. The van der Waals surface area contributed by atoms with Gasteiger partial charge in [0.25, 0.3) is 0 Å². The molecule has 3 heteroatoms. The summed E-state index contributed by atoms with van der Waals surface area (Å²) in [5.74, 6) is 1.30. The smallest absolute Gasteiger partial charge is 0.124 e. The number of hydrogen-bond donors (Lipinski definition) is 2. The van der Waals surface area contributed by atoms with Gasteiger partial charge in [0.2, 0.25) is 0 Å². The minimum atomic E-state index is -0.154. The zero-order valence-electron chi connectivity index (χ0n) is 10.6. The van der Waals surface area contributed by atoms with Gasteiger partial charge in [-0.3, -0.25) is 0 Å². The fourth-order valence-corrected chi connectivity index (χ4v) is 2.81. The Bertz CT molecular complexity index is 372. The van der Waals surface area contributed by atoms with E-state index in [-0.39, 0.29) is 12.1 Å². The van der Waals surface area contributed by atoms with Crippen LogP contribution < -0.4 is 10.1 Å². The molecule has 2 N–H and O–H groups in total. The summed E-state index contributed by atoms with van der Waals surface area (Å²) in [6, 6.07) is 8.13. The molecule has 0 amide bonds. The Morgan fingerprint density at radius 1 is 1.47 bits per heavy atom. The van der Waals surface area contributed by atoms with Gasteiger partial charge in [-0.1, -0.05) is 32.0 Å². The molecule has 0 fully saturated rings. The Kier molecular flexibility index (Phi) is 3.69. The van der Waals surface area contributed by atoms with E-state index in [4.69, 9.17) is 4.74 Å². The van der Waals surface area contributed by atoms with Crippen LogP contribution in [0.4, 0.5) is 0 Å². The zero-order chi connectivity index (χ0) is 12.3. The van der Waals surface area contributed by atoms with Crippen LogP contribution in [-0.2, 0) is 5.54 Å². The Morgan fingerprint density at radius 3 is 2.94 bits per heavy atom.